The molecule has 0 N–H and O–H groups in total. The summed E-state index contributed by atoms with van der Waals surface area (Å²) in [7, 11) is 3.38. The second-order valence-electron chi connectivity index (χ2n) is 3.28. The predicted octanol–water partition coefficient (Wildman–Crippen LogP) is 2.31. The fraction of sp³-hybridized carbons (Fsp3) is 0.182. The van der Waals surface area contributed by atoms with Crippen molar-refractivity contribution in [2.45, 2.75) is 0 Å². The Morgan fingerprint density at radius 2 is 2.07 bits per heavy atom. The van der Waals surface area contributed by atoms with Gasteiger partial charge in [0.15, 0.2) is 0 Å². The Morgan fingerprint density at radius 3 is 2.73 bits per heavy atom. The lowest BCUT2D eigenvalue weighted by molar-refractivity contribution is 0.415. The van der Waals surface area contributed by atoms with Gasteiger partial charge in [0.05, 0.1) is 17.1 Å². The average Bonchev–Trinajstić information content (AvgIpc) is 2.25. The molecule has 2 aromatic rings. The fourth-order valence-corrected chi connectivity index (χ4v) is 2.06. The van der Waals surface area contributed by atoms with Gasteiger partial charge in [0.1, 0.15) is 5.75 Å². The molecular weight excluding hydrogens is 258 g/mol. The van der Waals surface area contributed by atoms with Crippen LogP contribution in [0.25, 0.3) is 10.9 Å². The molecule has 0 unspecified atom stereocenters. The smallest absolute Gasteiger partial charge is 0.265 e. The number of methoxy groups -OCH3 is 1. The van der Waals surface area contributed by atoms with Crippen molar-refractivity contribution in [3.8, 4) is 5.75 Å². The van der Waals surface area contributed by atoms with Crippen molar-refractivity contribution < 1.29 is 4.74 Å². The van der Waals surface area contributed by atoms with Crippen LogP contribution in [-0.2, 0) is 7.05 Å². The van der Waals surface area contributed by atoms with Gasteiger partial charge in [0.25, 0.3) is 5.56 Å². The zero-order valence-corrected chi connectivity index (χ0v) is 10.0. The number of fused-ring (bicyclic) bond motifs is 1. The van der Waals surface area contributed by atoms with E-state index in [0.29, 0.717) is 4.47 Å². The van der Waals surface area contributed by atoms with Gasteiger partial charge in [0, 0.05) is 12.4 Å². The second-order valence-corrected chi connectivity index (χ2v) is 4.14. The van der Waals surface area contributed by atoms with Gasteiger partial charge in [-0.1, -0.05) is 0 Å². The molecular formula is C11H10BrNO2. The molecule has 0 aliphatic rings. The van der Waals surface area contributed by atoms with Crippen molar-refractivity contribution in [1.29, 1.82) is 0 Å². The van der Waals surface area contributed by atoms with Crippen LogP contribution in [0.1, 0.15) is 0 Å². The normalized spacial score (nSPS) is 10.6. The standard InChI is InChI=1S/C11H10BrNO2/c1-13-10-4-3-8(15-2)5-7(10)6-9(12)11(13)14/h3-6H,1-2H3. The van der Waals surface area contributed by atoms with Gasteiger partial charge in [-0.05, 0) is 40.2 Å². The molecule has 3 nitrogen and oxygen atoms in total. The number of benzene rings is 1. The summed E-state index contributed by atoms with van der Waals surface area (Å²) < 4.78 is 7.30. The summed E-state index contributed by atoms with van der Waals surface area (Å²) in [5.41, 5.74) is 0.858. The average molecular weight is 268 g/mol. The first kappa shape index (κ1) is 10.2. The molecule has 2 rings (SSSR count). The lowest BCUT2D eigenvalue weighted by Gasteiger charge is -2.07. The fourth-order valence-electron chi connectivity index (χ4n) is 1.55. The van der Waals surface area contributed by atoms with Gasteiger partial charge in [-0.15, -0.1) is 0 Å². The maximum Gasteiger partial charge on any atom is 0.265 e. The van der Waals surface area contributed by atoms with Crippen LogP contribution >= 0.6 is 15.9 Å². The Kier molecular flexibility index (Phi) is 2.52. The van der Waals surface area contributed by atoms with Crippen LogP contribution in [0.15, 0.2) is 33.5 Å². The molecule has 0 saturated heterocycles. The van der Waals surface area contributed by atoms with Crippen molar-refractivity contribution in [2.75, 3.05) is 7.11 Å². The van der Waals surface area contributed by atoms with Crippen molar-refractivity contribution >= 4 is 26.8 Å². The molecule has 15 heavy (non-hydrogen) atoms. The van der Waals surface area contributed by atoms with Crippen molar-refractivity contribution in [3.05, 3.63) is 39.1 Å². The minimum atomic E-state index is -0.0346. The maximum absolute atomic E-state index is 11.6. The molecule has 0 saturated carbocycles. The topological polar surface area (TPSA) is 31.2 Å². The number of hydrogen-bond acceptors (Lipinski definition) is 2. The van der Waals surface area contributed by atoms with E-state index in [-0.39, 0.29) is 5.56 Å². The molecule has 0 atom stereocenters. The third kappa shape index (κ3) is 1.65. The summed E-state index contributed by atoms with van der Waals surface area (Å²) in [5.74, 6) is 0.785. The number of halogens is 1. The van der Waals surface area contributed by atoms with Crippen molar-refractivity contribution in [2.24, 2.45) is 7.05 Å². The Labute approximate surface area is 95.4 Å². The third-order valence-electron chi connectivity index (χ3n) is 2.39. The van der Waals surface area contributed by atoms with Crippen LogP contribution in [0.5, 0.6) is 5.75 Å². The summed E-state index contributed by atoms with van der Waals surface area (Å²) >= 11 is 3.24. The number of rotatable bonds is 1. The minimum absolute atomic E-state index is 0.0346. The molecule has 1 aromatic heterocycles. The molecule has 78 valence electrons. The van der Waals surface area contributed by atoms with Crippen LogP contribution in [0, 0.1) is 0 Å². The Balaban J connectivity index is 2.86. The zero-order valence-electron chi connectivity index (χ0n) is 8.45. The van der Waals surface area contributed by atoms with E-state index < -0.39 is 0 Å². The zero-order chi connectivity index (χ0) is 11.0. The van der Waals surface area contributed by atoms with E-state index in [9.17, 15) is 4.79 Å². The lowest BCUT2D eigenvalue weighted by Crippen LogP contribution is -2.17. The SMILES string of the molecule is COc1ccc2c(c1)cc(Br)c(=O)n2C. The van der Waals surface area contributed by atoms with E-state index in [1.807, 2.05) is 18.2 Å². The molecule has 0 aliphatic heterocycles. The number of aromatic nitrogens is 1. The number of ether oxygens (including phenoxy) is 1. The molecule has 1 aromatic carbocycles. The maximum atomic E-state index is 11.6. The first-order valence-corrected chi connectivity index (χ1v) is 5.26. The Morgan fingerprint density at radius 1 is 1.33 bits per heavy atom. The third-order valence-corrected chi connectivity index (χ3v) is 2.96. The van der Waals surface area contributed by atoms with Crippen LogP contribution in [0.3, 0.4) is 0 Å². The van der Waals surface area contributed by atoms with Crippen molar-refractivity contribution in [3.63, 3.8) is 0 Å². The van der Waals surface area contributed by atoms with Gasteiger partial charge in [-0.3, -0.25) is 4.79 Å². The first-order chi connectivity index (χ1) is 7.13. The van der Waals surface area contributed by atoms with Crippen molar-refractivity contribution in [1.82, 2.24) is 4.57 Å². The molecule has 0 fully saturated rings. The molecule has 0 bridgehead atoms. The molecule has 4 heteroatoms. The van der Waals surface area contributed by atoms with Crippen LogP contribution in [0.2, 0.25) is 0 Å². The summed E-state index contributed by atoms with van der Waals surface area (Å²) in [5, 5.41) is 0.975. The van der Waals surface area contributed by atoms with Gasteiger partial charge >= 0.3 is 0 Å². The number of aryl methyl sites for hydroxylation is 1. The highest BCUT2D eigenvalue weighted by atomic mass is 79.9. The summed E-state index contributed by atoms with van der Waals surface area (Å²) in [6, 6.07) is 7.43. The molecule has 0 aliphatic carbocycles. The molecule has 0 amide bonds. The van der Waals surface area contributed by atoms with Crippen LogP contribution in [0.4, 0.5) is 0 Å². The number of pyridine rings is 1. The highest BCUT2D eigenvalue weighted by molar-refractivity contribution is 9.10. The second kappa shape index (κ2) is 3.70. The van der Waals surface area contributed by atoms with Gasteiger partial charge in [-0.25, -0.2) is 0 Å². The van der Waals surface area contributed by atoms with E-state index in [1.165, 1.54) is 0 Å². The van der Waals surface area contributed by atoms with E-state index in [1.54, 1.807) is 24.8 Å². The molecule has 0 spiro atoms. The summed E-state index contributed by atoms with van der Waals surface area (Å²) in [6.07, 6.45) is 0. The number of nitrogens with zero attached hydrogens (tertiary/aromatic N) is 1. The van der Waals surface area contributed by atoms with Gasteiger partial charge in [0.2, 0.25) is 0 Å². The molecule has 1 heterocycles. The highest BCUT2D eigenvalue weighted by Gasteiger charge is 2.04. The Hall–Kier alpha value is -1.29. The van der Waals surface area contributed by atoms with Crippen LogP contribution < -0.4 is 10.3 Å². The first-order valence-electron chi connectivity index (χ1n) is 4.47. The van der Waals surface area contributed by atoms with Gasteiger partial charge < -0.3 is 9.30 Å². The largest absolute Gasteiger partial charge is 0.497 e. The lowest BCUT2D eigenvalue weighted by atomic mass is 10.2. The minimum Gasteiger partial charge on any atom is -0.497 e. The Bertz CT molecular complexity index is 575. The quantitative estimate of drug-likeness (QED) is 0.794. The number of hydrogen-bond donors (Lipinski definition) is 0. The van der Waals surface area contributed by atoms with E-state index in [2.05, 4.69) is 15.9 Å². The monoisotopic (exact) mass is 267 g/mol. The van der Waals surface area contributed by atoms with E-state index >= 15 is 0 Å². The highest BCUT2D eigenvalue weighted by Crippen LogP contribution is 2.21. The predicted molar refractivity (Wildman–Crippen MR) is 63.4 cm³/mol. The summed E-state index contributed by atoms with van der Waals surface area (Å²) in [4.78, 5) is 11.6. The summed E-state index contributed by atoms with van der Waals surface area (Å²) in [6.45, 7) is 0. The van der Waals surface area contributed by atoms with E-state index in [0.717, 1.165) is 16.7 Å². The van der Waals surface area contributed by atoms with Crippen LogP contribution in [-0.4, -0.2) is 11.7 Å². The van der Waals surface area contributed by atoms with E-state index in [4.69, 9.17) is 4.74 Å². The molecule has 0 radical (unpaired) electrons. The van der Waals surface area contributed by atoms with Gasteiger partial charge in [-0.2, -0.15) is 0 Å².